The summed E-state index contributed by atoms with van der Waals surface area (Å²) in [5.41, 5.74) is 0.659. The third kappa shape index (κ3) is 3.50. The third-order valence-corrected chi connectivity index (χ3v) is 3.73. The van der Waals surface area contributed by atoms with Crippen LogP contribution in [0, 0.1) is 10.1 Å². The number of carbonyl (C=O) groups is 1. The zero-order valence-electron chi connectivity index (χ0n) is 9.77. The summed E-state index contributed by atoms with van der Waals surface area (Å²) >= 11 is 1.02. The molecule has 1 N–H and O–H groups in total. The first kappa shape index (κ1) is 13.5. The first-order chi connectivity index (χ1) is 9.06. The fourth-order valence-electron chi connectivity index (χ4n) is 1.68. The Labute approximate surface area is 112 Å². The number of hydrogen-bond acceptors (Lipinski definition) is 6. The van der Waals surface area contributed by atoms with E-state index in [0.29, 0.717) is 17.1 Å². The van der Waals surface area contributed by atoms with Gasteiger partial charge in [-0.1, -0.05) is 6.07 Å². The van der Waals surface area contributed by atoms with E-state index in [9.17, 15) is 14.9 Å². The summed E-state index contributed by atoms with van der Waals surface area (Å²) in [7, 11) is 0. The molecule has 0 aromatic heterocycles. The molecule has 0 amide bonds. The minimum absolute atomic E-state index is 0.126. The SMILES string of the molecule is O=C(O)CSC(C[N+](=O)[O-])c1ccc2c(c1)OCO2. The Morgan fingerprint density at radius 2 is 2.21 bits per heavy atom. The number of nitro groups is 1. The molecule has 7 nitrogen and oxygen atoms in total. The van der Waals surface area contributed by atoms with Gasteiger partial charge in [-0.2, -0.15) is 0 Å². The van der Waals surface area contributed by atoms with E-state index in [1.807, 2.05) is 0 Å². The maximum Gasteiger partial charge on any atom is 0.313 e. The highest BCUT2D eigenvalue weighted by Gasteiger charge is 2.23. The first-order valence-electron chi connectivity index (χ1n) is 5.41. The number of benzene rings is 1. The van der Waals surface area contributed by atoms with Crippen LogP contribution in [0.4, 0.5) is 0 Å². The molecule has 1 aromatic carbocycles. The van der Waals surface area contributed by atoms with Crippen molar-refractivity contribution in [2.24, 2.45) is 0 Å². The molecule has 0 saturated heterocycles. The largest absolute Gasteiger partial charge is 0.481 e. The number of ether oxygens (including phenoxy) is 2. The highest BCUT2D eigenvalue weighted by molar-refractivity contribution is 8.00. The molecular weight excluding hydrogens is 274 g/mol. The molecule has 1 heterocycles. The monoisotopic (exact) mass is 285 g/mol. The van der Waals surface area contributed by atoms with Crippen LogP contribution in [0.25, 0.3) is 0 Å². The van der Waals surface area contributed by atoms with Gasteiger partial charge in [0.15, 0.2) is 11.5 Å². The Morgan fingerprint density at radius 1 is 1.47 bits per heavy atom. The molecule has 2 rings (SSSR count). The molecule has 1 unspecified atom stereocenters. The van der Waals surface area contributed by atoms with Crippen LogP contribution >= 0.6 is 11.8 Å². The van der Waals surface area contributed by atoms with Gasteiger partial charge in [-0.3, -0.25) is 14.9 Å². The standard InChI is InChI=1S/C11H11NO6S/c13-11(14)5-19-10(4-12(15)16)7-1-2-8-9(3-7)18-6-17-8/h1-3,10H,4-6H2,(H,13,14). The molecule has 1 aliphatic heterocycles. The topological polar surface area (TPSA) is 98.9 Å². The Kier molecular flexibility index (Phi) is 4.10. The van der Waals surface area contributed by atoms with E-state index in [-0.39, 0.29) is 19.1 Å². The molecule has 0 aliphatic carbocycles. The zero-order chi connectivity index (χ0) is 13.8. The summed E-state index contributed by atoms with van der Waals surface area (Å²) in [6, 6.07) is 5.02. The van der Waals surface area contributed by atoms with Crippen LogP contribution in [0.3, 0.4) is 0 Å². The van der Waals surface area contributed by atoms with Crippen LogP contribution in [-0.4, -0.2) is 35.1 Å². The number of carboxylic acid groups (broad SMARTS) is 1. The van der Waals surface area contributed by atoms with Gasteiger partial charge in [0.25, 0.3) is 0 Å². The molecule has 8 heteroatoms. The fraction of sp³-hybridized carbons (Fsp3) is 0.364. The average Bonchev–Trinajstić information content (AvgIpc) is 2.80. The van der Waals surface area contributed by atoms with Gasteiger partial charge >= 0.3 is 5.97 Å². The van der Waals surface area contributed by atoms with Crippen molar-refractivity contribution in [1.82, 2.24) is 0 Å². The normalized spacial score (nSPS) is 14.1. The van der Waals surface area contributed by atoms with Crippen LogP contribution in [0.5, 0.6) is 11.5 Å². The number of rotatable bonds is 6. The highest BCUT2D eigenvalue weighted by atomic mass is 32.2. The summed E-state index contributed by atoms with van der Waals surface area (Å²) in [6.45, 7) is -0.210. The smallest absolute Gasteiger partial charge is 0.313 e. The molecule has 0 radical (unpaired) electrons. The summed E-state index contributed by atoms with van der Waals surface area (Å²) in [5, 5.41) is 18.8. The quantitative estimate of drug-likeness (QED) is 0.625. The van der Waals surface area contributed by atoms with Gasteiger partial charge in [-0.25, -0.2) is 0 Å². The van der Waals surface area contributed by atoms with Gasteiger partial charge in [-0.05, 0) is 17.7 Å². The van der Waals surface area contributed by atoms with E-state index < -0.39 is 16.1 Å². The molecule has 1 atom stereocenters. The summed E-state index contributed by atoms with van der Waals surface area (Å²) in [4.78, 5) is 20.8. The lowest BCUT2D eigenvalue weighted by Crippen LogP contribution is -2.12. The molecule has 0 bridgehead atoms. The third-order valence-electron chi connectivity index (χ3n) is 2.49. The van der Waals surface area contributed by atoms with E-state index in [0.717, 1.165) is 11.8 Å². The van der Waals surface area contributed by atoms with Crippen molar-refractivity contribution in [3.8, 4) is 11.5 Å². The molecule has 1 aromatic rings. The van der Waals surface area contributed by atoms with Crippen LogP contribution in [0.15, 0.2) is 18.2 Å². The van der Waals surface area contributed by atoms with Gasteiger partial charge in [0.1, 0.15) is 0 Å². The molecule has 0 fully saturated rings. The van der Waals surface area contributed by atoms with E-state index in [2.05, 4.69) is 0 Å². The van der Waals surface area contributed by atoms with Gasteiger partial charge in [0.05, 0.1) is 11.0 Å². The predicted molar refractivity (Wildman–Crippen MR) is 67.3 cm³/mol. The lowest BCUT2D eigenvalue weighted by molar-refractivity contribution is -0.479. The van der Waals surface area contributed by atoms with E-state index in [1.165, 1.54) is 0 Å². The van der Waals surface area contributed by atoms with Crippen molar-refractivity contribution in [2.75, 3.05) is 19.1 Å². The Hall–Kier alpha value is -1.96. The summed E-state index contributed by atoms with van der Waals surface area (Å²) < 4.78 is 10.4. The number of nitrogens with zero attached hydrogens (tertiary/aromatic N) is 1. The van der Waals surface area contributed by atoms with Crippen LogP contribution < -0.4 is 9.47 Å². The lowest BCUT2D eigenvalue weighted by atomic mass is 10.1. The number of hydrogen-bond donors (Lipinski definition) is 1. The lowest BCUT2D eigenvalue weighted by Gasteiger charge is -2.12. The van der Waals surface area contributed by atoms with Gasteiger partial charge < -0.3 is 14.6 Å². The van der Waals surface area contributed by atoms with E-state index in [4.69, 9.17) is 14.6 Å². The van der Waals surface area contributed by atoms with E-state index >= 15 is 0 Å². The summed E-state index contributed by atoms with van der Waals surface area (Å²) in [6.07, 6.45) is 0. The minimum Gasteiger partial charge on any atom is -0.481 e. The van der Waals surface area contributed by atoms with Crippen molar-refractivity contribution in [3.05, 3.63) is 33.9 Å². The van der Waals surface area contributed by atoms with Crippen molar-refractivity contribution in [1.29, 1.82) is 0 Å². The molecule has 0 spiro atoms. The predicted octanol–water partition coefficient (Wildman–Crippen LogP) is 1.55. The number of aliphatic carboxylic acids is 1. The maximum atomic E-state index is 10.7. The molecule has 1 aliphatic rings. The Bertz CT molecular complexity index is 506. The fourth-order valence-corrected chi connectivity index (χ4v) is 2.58. The minimum atomic E-state index is -1.00. The van der Waals surface area contributed by atoms with Crippen molar-refractivity contribution in [3.63, 3.8) is 0 Å². The highest BCUT2D eigenvalue weighted by Crippen LogP contribution is 2.37. The molecular formula is C11H11NO6S. The first-order valence-corrected chi connectivity index (χ1v) is 6.46. The number of thioether (sulfide) groups is 1. The average molecular weight is 285 g/mol. The van der Waals surface area contributed by atoms with Gasteiger partial charge in [0.2, 0.25) is 13.3 Å². The van der Waals surface area contributed by atoms with Crippen LogP contribution in [0.1, 0.15) is 10.8 Å². The number of carboxylic acids is 1. The van der Waals surface area contributed by atoms with E-state index in [1.54, 1.807) is 18.2 Å². The molecule has 102 valence electrons. The van der Waals surface area contributed by atoms with Crippen molar-refractivity contribution >= 4 is 17.7 Å². The van der Waals surface area contributed by atoms with Crippen LogP contribution in [-0.2, 0) is 4.79 Å². The Balaban J connectivity index is 2.16. The van der Waals surface area contributed by atoms with Gasteiger partial charge in [0, 0.05) is 4.92 Å². The van der Waals surface area contributed by atoms with Crippen molar-refractivity contribution < 1.29 is 24.3 Å². The zero-order valence-corrected chi connectivity index (χ0v) is 10.6. The van der Waals surface area contributed by atoms with Gasteiger partial charge in [-0.15, -0.1) is 11.8 Å². The second-order valence-electron chi connectivity index (χ2n) is 3.82. The molecule has 19 heavy (non-hydrogen) atoms. The summed E-state index contributed by atoms with van der Waals surface area (Å²) in [5.74, 6) is -0.0693. The molecule has 0 saturated carbocycles. The second kappa shape index (κ2) is 5.79. The Morgan fingerprint density at radius 3 is 2.89 bits per heavy atom. The second-order valence-corrected chi connectivity index (χ2v) is 5.01. The number of fused-ring (bicyclic) bond motifs is 1. The van der Waals surface area contributed by atoms with Crippen molar-refractivity contribution in [2.45, 2.75) is 5.25 Å². The maximum absolute atomic E-state index is 10.7. The van der Waals surface area contributed by atoms with Crippen LogP contribution in [0.2, 0.25) is 0 Å².